The normalized spacial score (nSPS) is 19.3. The van der Waals surface area contributed by atoms with Crippen molar-refractivity contribution >= 4 is 17.5 Å². The van der Waals surface area contributed by atoms with E-state index in [4.69, 9.17) is 10.5 Å². The Bertz CT molecular complexity index is 771. The SMILES string of the molecule is Cn1cc([C@H]2CNC[C@@H]2C(=O)Nc2ccc(OCCC(N)=O)cc2)cn1. The Labute approximate surface area is 151 Å². The molecule has 2 heterocycles. The first-order chi connectivity index (χ1) is 12.5. The summed E-state index contributed by atoms with van der Waals surface area (Å²) in [5.74, 6) is 0.166. The minimum absolute atomic E-state index is 0.0220. The summed E-state index contributed by atoms with van der Waals surface area (Å²) in [4.78, 5) is 23.4. The quantitative estimate of drug-likeness (QED) is 0.672. The van der Waals surface area contributed by atoms with Crippen LogP contribution in [0.2, 0.25) is 0 Å². The summed E-state index contributed by atoms with van der Waals surface area (Å²) in [6.45, 7) is 1.64. The summed E-state index contributed by atoms with van der Waals surface area (Å²) in [5.41, 5.74) is 6.84. The fourth-order valence-corrected chi connectivity index (χ4v) is 3.07. The van der Waals surface area contributed by atoms with Gasteiger partial charge in [-0.1, -0.05) is 0 Å². The smallest absolute Gasteiger partial charge is 0.229 e. The summed E-state index contributed by atoms with van der Waals surface area (Å²) >= 11 is 0. The number of aromatic nitrogens is 2. The molecule has 8 heteroatoms. The van der Waals surface area contributed by atoms with Crippen molar-refractivity contribution in [2.75, 3.05) is 25.0 Å². The Morgan fingerprint density at radius 2 is 2.12 bits per heavy atom. The van der Waals surface area contributed by atoms with Crippen molar-refractivity contribution < 1.29 is 14.3 Å². The summed E-state index contributed by atoms with van der Waals surface area (Å²) in [7, 11) is 1.87. The number of carbonyl (C=O) groups excluding carboxylic acids is 2. The largest absolute Gasteiger partial charge is 0.493 e. The lowest BCUT2D eigenvalue weighted by Crippen LogP contribution is -2.28. The van der Waals surface area contributed by atoms with E-state index < -0.39 is 5.91 Å². The molecule has 138 valence electrons. The number of nitrogens with two attached hydrogens (primary N) is 1. The number of nitrogens with one attached hydrogen (secondary N) is 2. The van der Waals surface area contributed by atoms with E-state index >= 15 is 0 Å². The summed E-state index contributed by atoms with van der Waals surface area (Å²) in [6, 6.07) is 7.06. The van der Waals surface area contributed by atoms with Crippen LogP contribution in [0.1, 0.15) is 17.9 Å². The zero-order valence-corrected chi connectivity index (χ0v) is 14.6. The first-order valence-corrected chi connectivity index (χ1v) is 8.54. The van der Waals surface area contributed by atoms with Crippen LogP contribution in [0.3, 0.4) is 0 Å². The third-order valence-corrected chi connectivity index (χ3v) is 4.44. The maximum Gasteiger partial charge on any atom is 0.229 e. The molecule has 1 aromatic carbocycles. The molecule has 0 bridgehead atoms. The Morgan fingerprint density at radius 3 is 2.77 bits per heavy atom. The van der Waals surface area contributed by atoms with E-state index in [0.29, 0.717) is 18.0 Å². The second-order valence-corrected chi connectivity index (χ2v) is 6.40. The Morgan fingerprint density at radius 1 is 1.35 bits per heavy atom. The van der Waals surface area contributed by atoms with Crippen LogP contribution in [0, 0.1) is 5.92 Å². The van der Waals surface area contributed by atoms with Gasteiger partial charge in [-0.05, 0) is 29.8 Å². The average Bonchev–Trinajstić information content (AvgIpc) is 3.24. The number of primary amides is 1. The molecule has 1 fully saturated rings. The van der Waals surface area contributed by atoms with Gasteiger partial charge in [0.15, 0.2) is 0 Å². The van der Waals surface area contributed by atoms with Crippen molar-refractivity contribution in [2.24, 2.45) is 18.7 Å². The van der Waals surface area contributed by atoms with Gasteiger partial charge in [0, 0.05) is 37.9 Å². The van der Waals surface area contributed by atoms with Gasteiger partial charge >= 0.3 is 0 Å². The van der Waals surface area contributed by atoms with Crippen LogP contribution in [0.5, 0.6) is 5.75 Å². The van der Waals surface area contributed by atoms with Crippen molar-refractivity contribution in [3.8, 4) is 5.75 Å². The Balaban J connectivity index is 1.58. The number of aryl methyl sites for hydroxylation is 1. The molecule has 0 unspecified atom stereocenters. The number of ether oxygens (including phenoxy) is 1. The van der Waals surface area contributed by atoms with Crippen molar-refractivity contribution in [3.63, 3.8) is 0 Å². The lowest BCUT2D eigenvalue weighted by atomic mass is 9.90. The van der Waals surface area contributed by atoms with Crippen LogP contribution in [0.25, 0.3) is 0 Å². The molecular formula is C18H23N5O3. The number of anilines is 1. The van der Waals surface area contributed by atoms with Gasteiger partial charge < -0.3 is 21.1 Å². The van der Waals surface area contributed by atoms with Crippen LogP contribution >= 0.6 is 0 Å². The monoisotopic (exact) mass is 357 g/mol. The van der Waals surface area contributed by atoms with E-state index in [2.05, 4.69) is 15.7 Å². The zero-order chi connectivity index (χ0) is 18.5. The molecule has 0 aliphatic carbocycles. The molecule has 3 rings (SSSR count). The fourth-order valence-electron chi connectivity index (χ4n) is 3.07. The Hall–Kier alpha value is -2.87. The third kappa shape index (κ3) is 4.40. The number of amides is 2. The zero-order valence-electron chi connectivity index (χ0n) is 14.6. The van der Waals surface area contributed by atoms with Gasteiger partial charge in [-0.2, -0.15) is 5.10 Å². The molecule has 0 radical (unpaired) electrons. The molecule has 4 N–H and O–H groups in total. The maximum absolute atomic E-state index is 12.7. The molecule has 1 aliphatic heterocycles. The molecule has 2 atom stereocenters. The van der Waals surface area contributed by atoms with Crippen molar-refractivity contribution in [1.29, 1.82) is 0 Å². The van der Waals surface area contributed by atoms with E-state index in [-0.39, 0.29) is 30.8 Å². The minimum Gasteiger partial charge on any atom is -0.493 e. The van der Waals surface area contributed by atoms with Gasteiger partial charge in [-0.3, -0.25) is 14.3 Å². The van der Waals surface area contributed by atoms with E-state index in [1.165, 1.54) is 0 Å². The first-order valence-electron chi connectivity index (χ1n) is 8.54. The molecule has 1 aromatic heterocycles. The van der Waals surface area contributed by atoms with E-state index in [1.54, 1.807) is 28.9 Å². The lowest BCUT2D eigenvalue weighted by molar-refractivity contribution is -0.120. The highest BCUT2D eigenvalue weighted by Crippen LogP contribution is 2.29. The van der Waals surface area contributed by atoms with Gasteiger partial charge in [0.05, 0.1) is 25.1 Å². The standard InChI is InChI=1S/C18H23N5O3/c1-23-11-12(8-21-23)15-9-20-10-16(15)18(25)22-13-2-4-14(5-3-13)26-7-6-17(19)24/h2-5,8,11,15-16,20H,6-7,9-10H2,1H3,(H2,19,24)(H,22,25)/t15-,16+/m1/s1. The lowest BCUT2D eigenvalue weighted by Gasteiger charge is -2.17. The van der Waals surface area contributed by atoms with Gasteiger partial charge in [-0.25, -0.2) is 0 Å². The highest BCUT2D eigenvalue weighted by atomic mass is 16.5. The fraction of sp³-hybridized carbons (Fsp3) is 0.389. The number of hydrogen-bond acceptors (Lipinski definition) is 5. The van der Waals surface area contributed by atoms with Crippen molar-refractivity contribution in [2.45, 2.75) is 12.3 Å². The molecule has 0 saturated carbocycles. The number of nitrogens with zero attached hydrogens (tertiary/aromatic N) is 2. The highest BCUT2D eigenvalue weighted by molar-refractivity contribution is 5.93. The van der Waals surface area contributed by atoms with Gasteiger partial charge in [0.25, 0.3) is 0 Å². The second kappa shape index (κ2) is 8.01. The van der Waals surface area contributed by atoms with E-state index in [9.17, 15) is 9.59 Å². The van der Waals surface area contributed by atoms with Crippen LogP contribution in [-0.4, -0.2) is 41.3 Å². The molecule has 1 aliphatic rings. The molecule has 0 spiro atoms. The highest BCUT2D eigenvalue weighted by Gasteiger charge is 2.34. The first kappa shape index (κ1) is 17.9. The van der Waals surface area contributed by atoms with Gasteiger partial charge in [0.1, 0.15) is 5.75 Å². The number of benzene rings is 1. The minimum atomic E-state index is -0.401. The maximum atomic E-state index is 12.7. The van der Waals surface area contributed by atoms with Gasteiger partial charge in [-0.15, -0.1) is 0 Å². The molecule has 1 saturated heterocycles. The topological polar surface area (TPSA) is 111 Å². The second-order valence-electron chi connectivity index (χ2n) is 6.40. The summed E-state index contributed by atoms with van der Waals surface area (Å²) in [6.07, 6.45) is 3.94. The van der Waals surface area contributed by atoms with Crippen molar-refractivity contribution in [1.82, 2.24) is 15.1 Å². The predicted octanol–water partition coefficient (Wildman–Crippen LogP) is 0.616. The molecule has 8 nitrogen and oxygen atoms in total. The molecule has 2 aromatic rings. The Kier molecular flexibility index (Phi) is 5.52. The van der Waals surface area contributed by atoms with E-state index in [1.807, 2.05) is 19.4 Å². The average molecular weight is 357 g/mol. The predicted molar refractivity (Wildman–Crippen MR) is 96.7 cm³/mol. The summed E-state index contributed by atoms with van der Waals surface area (Å²) < 4.78 is 7.17. The molecular weight excluding hydrogens is 334 g/mol. The number of rotatable bonds is 7. The number of carbonyl (C=O) groups is 2. The van der Waals surface area contributed by atoms with Crippen LogP contribution in [0.15, 0.2) is 36.7 Å². The molecule has 26 heavy (non-hydrogen) atoms. The van der Waals surface area contributed by atoms with Crippen molar-refractivity contribution in [3.05, 3.63) is 42.2 Å². The number of hydrogen-bond donors (Lipinski definition) is 3. The van der Waals surface area contributed by atoms with Crippen LogP contribution in [0.4, 0.5) is 5.69 Å². The van der Waals surface area contributed by atoms with Gasteiger partial charge in [0.2, 0.25) is 11.8 Å². The van der Waals surface area contributed by atoms with E-state index in [0.717, 1.165) is 12.1 Å². The third-order valence-electron chi connectivity index (χ3n) is 4.44. The van der Waals surface area contributed by atoms with Crippen LogP contribution < -0.4 is 21.1 Å². The summed E-state index contributed by atoms with van der Waals surface area (Å²) in [5, 5.41) is 10.4. The van der Waals surface area contributed by atoms with Crippen LogP contribution in [-0.2, 0) is 16.6 Å². The molecule has 2 amide bonds.